The van der Waals surface area contributed by atoms with Crippen molar-refractivity contribution in [2.75, 3.05) is 0 Å². The van der Waals surface area contributed by atoms with Crippen molar-refractivity contribution in [2.45, 2.75) is 25.8 Å². The first kappa shape index (κ1) is 15.0. The maximum absolute atomic E-state index is 12.0. The first-order valence-electron chi connectivity index (χ1n) is 5.71. The van der Waals surface area contributed by atoms with Gasteiger partial charge in [-0.05, 0) is 12.5 Å². The molecule has 5 nitrogen and oxygen atoms in total. The summed E-state index contributed by atoms with van der Waals surface area (Å²) in [4.78, 5) is 22.1. The van der Waals surface area contributed by atoms with Crippen molar-refractivity contribution in [2.24, 2.45) is 0 Å². The highest BCUT2D eigenvalue weighted by Gasteiger charge is 2.20. The van der Waals surface area contributed by atoms with Gasteiger partial charge in [0.25, 0.3) is 11.6 Å². The lowest BCUT2D eigenvalue weighted by atomic mass is 10.1. The molecule has 0 aromatic heterocycles. The van der Waals surface area contributed by atoms with Crippen LogP contribution >= 0.6 is 11.6 Å². The number of carbonyl (C=O) groups is 1. The molecule has 19 heavy (non-hydrogen) atoms. The van der Waals surface area contributed by atoms with E-state index in [1.54, 1.807) is 0 Å². The molecule has 100 valence electrons. The SMILES string of the molecule is C#CC(CCC)NC(=O)c1cccc([N+](=O)[O-])c1Cl. The molecule has 1 aromatic rings. The maximum atomic E-state index is 12.0. The molecule has 0 aliphatic rings. The number of halogens is 1. The Kier molecular flexibility index (Phi) is 5.34. The van der Waals surface area contributed by atoms with E-state index in [-0.39, 0.29) is 16.3 Å². The Bertz CT molecular complexity index is 537. The topological polar surface area (TPSA) is 72.2 Å². The van der Waals surface area contributed by atoms with Crippen LogP contribution in [0.4, 0.5) is 5.69 Å². The molecular formula is C13H13ClN2O3. The minimum absolute atomic E-state index is 0.0484. The third kappa shape index (κ3) is 3.70. The van der Waals surface area contributed by atoms with Crippen LogP contribution in [0.2, 0.25) is 5.02 Å². The molecular weight excluding hydrogens is 268 g/mol. The van der Waals surface area contributed by atoms with Crippen LogP contribution < -0.4 is 5.32 Å². The zero-order valence-corrected chi connectivity index (χ0v) is 11.1. The molecule has 0 aliphatic carbocycles. The second kappa shape index (κ2) is 6.76. The van der Waals surface area contributed by atoms with Gasteiger partial charge in [-0.3, -0.25) is 14.9 Å². The number of rotatable bonds is 5. The number of nitro groups is 1. The minimum Gasteiger partial charge on any atom is -0.338 e. The molecule has 1 amide bonds. The van der Waals surface area contributed by atoms with Gasteiger partial charge in [0.1, 0.15) is 5.02 Å². The van der Waals surface area contributed by atoms with E-state index in [1.807, 2.05) is 6.92 Å². The molecule has 0 spiro atoms. The predicted octanol–water partition coefficient (Wildman–Crippen LogP) is 2.78. The van der Waals surface area contributed by atoms with Gasteiger partial charge in [-0.2, -0.15) is 0 Å². The first-order valence-corrected chi connectivity index (χ1v) is 6.09. The van der Waals surface area contributed by atoms with Gasteiger partial charge >= 0.3 is 0 Å². The second-order valence-electron chi connectivity index (χ2n) is 3.88. The Balaban J connectivity index is 2.98. The smallest absolute Gasteiger partial charge is 0.288 e. The number of terminal acetylenes is 1. The Morgan fingerprint density at radius 1 is 1.63 bits per heavy atom. The number of nitro benzene ring substituents is 1. The van der Waals surface area contributed by atoms with Crippen LogP contribution in [0, 0.1) is 22.5 Å². The summed E-state index contributed by atoms with van der Waals surface area (Å²) in [6.07, 6.45) is 6.75. The molecule has 0 fully saturated rings. The van der Waals surface area contributed by atoms with E-state index in [9.17, 15) is 14.9 Å². The number of benzene rings is 1. The molecule has 1 unspecified atom stereocenters. The Morgan fingerprint density at radius 3 is 2.84 bits per heavy atom. The number of nitrogens with zero attached hydrogens (tertiary/aromatic N) is 1. The van der Waals surface area contributed by atoms with Gasteiger partial charge in [-0.25, -0.2) is 0 Å². The number of nitrogens with one attached hydrogen (secondary N) is 1. The standard InChI is InChI=1S/C13H13ClN2O3/c1-3-6-9(4-2)15-13(17)10-7-5-8-11(12(10)14)16(18)19/h2,5,7-9H,3,6H2,1H3,(H,15,17). The quantitative estimate of drug-likeness (QED) is 0.512. The normalized spacial score (nSPS) is 11.4. The zero-order chi connectivity index (χ0) is 14.4. The molecule has 0 bridgehead atoms. The van der Waals surface area contributed by atoms with Crippen molar-refractivity contribution in [3.8, 4) is 12.3 Å². The van der Waals surface area contributed by atoms with Gasteiger partial charge < -0.3 is 5.32 Å². The minimum atomic E-state index is -0.635. The van der Waals surface area contributed by atoms with Crippen LogP contribution in [-0.4, -0.2) is 16.9 Å². The second-order valence-corrected chi connectivity index (χ2v) is 4.26. The average molecular weight is 281 g/mol. The number of hydrogen-bond donors (Lipinski definition) is 1. The van der Waals surface area contributed by atoms with Gasteiger partial charge in [0.2, 0.25) is 0 Å². The van der Waals surface area contributed by atoms with E-state index < -0.39 is 16.9 Å². The van der Waals surface area contributed by atoms with Crippen molar-refractivity contribution in [3.63, 3.8) is 0 Å². The van der Waals surface area contributed by atoms with Gasteiger partial charge in [-0.15, -0.1) is 6.42 Å². The number of amides is 1. The Hall–Kier alpha value is -2.06. The lowest BCUT2D eigenvalue weighted by molar-refractivity contribution is -0.384. The van der Waals surface area contributed by atoms with Crippen LogP contribution in [0.25, 0.3) is 0 Å². The summed E-state index contributed by atoms with van der Waals surface area (Å²) >= 11 is 5.85. The summed E-state index contributed by atoms with van der Waals surface area (Å²) in [6.45, 7) is 1.94. The Labute approximate surface area is 116 Å². The van der Waals surface area contributed by atoms with E-state index in [0.29, 0.717) is 6.42 Å². The highest BCUT2D eigenvalue weighted by molar-refractivity contribution is 6.35. The van der Waals surface area contributed by atoms with E-state index >= 15 is 0 Å². The summed E-state index contributed by atoms with van der Waals surface area (Å²) in [5, 5.41) is 13.2. The van der Waals surface area contributed by atoms with Gasteiger partial charge in [0.15, 0.2) is 0 Å². The van der Waals surface area contributed by atoms with Gasteiger partial charge in [0.05, 0.1) is 16.5 Å². The van der Waals surface area contributed by atoms with Crippen LogP contribution in [0.1, 0.15) is 30.1 Å². The molecule has 0 saturated carbocycles. The van der Waals surface area contributed by atoms with Gasteiger partial charge in [0, 0.05) is 6.07 Å². The largest absolute Gasteiger partial charge is 0.338 e. The van der Waals surface area contributed by atoms with Crippen molar-refractivity contribution in [1.82, 2.24) is 5.32 Å². The monoisotopic (exact) mass is 280 g/mol. The van der Waals surface area contributed by atoms with Crippen LogP contribution in [0.5, 0.6) is 0 Å². The highest BCUT2D eigenvalue weighted by atomic mass is 35.5. The van der Waals surface area contributed by atoms with Crippen molar-refractivity contribution in [3.05, 3.63) is 38.9 Å². The summed E-state index contributed by atoms with van der Waals surface area (Å²) in [7, 11) is 0. The van der Waals surface area contributed by atoms with E-state index in [4.69, 9.17) is 18.0 Å². The summed E-state index contributed by atoms with van der Waals surface area (Å²) < 4.78 is 0. The van der Waals surface area contributed by atoms with Crippen molar-refractivity contribution in [1.29, 1.82) is 0 Å². The lowest BCUT2D eigenvalue weighted by Gasteiger charge is -2.12. The van der Waals surface area contributed by atoms with Crippen LogP contribution in [-0.2, 0) is 0 Å². The van der Waals surface area contributed by atoms with Crippen molar-refractivity contribution >= 4 is 23.2 Å². The molecule has 0 heterocycles. The Morgan fingerprint density at radius 2 is 2.32 bits per heavy atom. The van der Waals surface area contributed by atoms with Crippen LogP contribution in [0.15, 0.2) is 18.2 Å². The summed E-state index contributed by atoms with van der Waals surface area (Å²) in [5.74, 6) is 1.94. The molecule has 0 radical (unpaired) electrons. The molecule has 0 saturated heterocycles. The summed E-state index contributed by atoms with van der Waals surface area (Å²) in [5.41, 5.74) is -0.255. The number of carbonyl (C=O) groups excluding carboxylic acids is 1. The third-order valence-electron chi connectivity index (χ3n) is 2.50. The maximum Gasteiger partial charge on any atom is 0.288 e. The molecule has 6 heteroatoms. The van der Waals surface area contributed by atoms with Crippen LogP contribution in [0.3, 0.4) is 0 Å². The zero-order valence-electron chi connectivity index (χ0n) is 10.4. The van der Waals surface area contributed by atoms with E-state index in [1.165, 1.54) is 18.2 Å². The third-order valence-corrected chi connectivity index (χ3v) is 2.90. The molecule has 1 rings (SSSR count). The highest BCUT2D eigenvalue weighted by Crippen LogP contribution is 2.27. The predicted molar refractivity (Wildman–Crippen MR) is 73.1 cm³/mol. The summed E-state index contributed by atoms with van der Waals surface area (Å²) in [6, 6.07) is 3.66. The lowest BCUT2D eigenvalue weighted by Crippen LogP contribution is -2.33. The fourth-order valence-corrected chi connectivity index (χ4v) is 1.84. The fourth-order valence-electron chi connectivity index (χ4n) is 1.56. The molecule has 1 aromatic carbocycles. The molecule has 1 N–H and O–H groups in total. The average Bonchev–Trinajstić information content (AvgIpc) is 2.37. The first-order chi connectivity index (χ1) is 9.01. The number of hydrogen-bond acceptors (Lipinski definition) is 3. The fraction of sp³-hybridized carbons (Fsp3) is 0.308. The van der Waals surface area contributed by atoms with Gasteiger partial charge in [-0.1, -0.05) is 36.9 Å². The molecule has 1 atom stereocenters. The van der Waals surface area contributed by atoms with Crippen molar-refractivity contribution < 1.29 is 9.72 Å². The van der Waals surface area contributed by atoms with E-state index in [0.717, 1.165) is 6.42 Å². The van der Waals surface area contributed by atoms with E-state index in [2.05, 4.69) is 11.2 Å². The molecule has 0 aliphatic heterocycles.